The number of carbonyl (C=O) groups is 1. The molecule has 7 atom stereocenters. The number of hydrogen-bond acceptors (Lipinski definition) is 8. The van der Waals surface area contributed by atoms with E-state index in [0.29, 0.717) is 35.4 Å². The van der Waals surface area contributed by atoms with Crippen molar-refractivity contribution in [3.8, 4) is 0 Å². The molecule has 4 fully saturated rings. The molecule has 1 saturated carbocycles. The summed E-state index contributed by atoms with van der Waals surface area (Å²) in [4.78, 5) is 13.3. The molecule has 0 aromatic heterocycles. The molecule has 4 rings (SSSR count). The average Bonchev–Trinajstić information content (AvgIpc) is 3.31. The first kappa shape index (κ1) is 24.8. The Bertz CT molecular complexity index is 595. The number of hydrogen-bond donors (Lipinski definition) is 7. The number of rotatable bonds is 8. The predicted molar refractivity (Wildman–Crippen MR) is 129 cm³/mol. The molecule has 3 saturated heterocycles. The molecule has 4 aliphatic rings. The Morgan fingerprint density at radius 2 is 1.94 bits per heavy atom. The van der Waals surface area contributed by atoms with Gasteiger partial charge in [-0.2, -0.15) is 0 Å². The van der Waals surface area contributed by atoms with Crippen molar-refractivity contribution in [3.63, 3.8) is 0 Å². The first-order chi connectivity index (χ1) is 15.6. The van der Waals surface area contributed by atoms with E-state index in [1.807, 2.05) is 0 Å². The summed E-state index contributed by atoms with van der Waals surface area (Å²) in [5, 5.41) is 17.4. The number of piperidine rings is 2. The maximum absolute atomic E-state index is 12.9. The van der Waals surface area contributed by atoms with Crippen molar-refractivity contribution in [2.75, 3.05) is 39.8 Å². The fourth-order valence-corrected chi connectivity index (χ4v) is 6.39. The zero-order valence-electron chi connectivity index (χ0n) is 19.3. The Balaban J connectivity index is 1.16. The Kier molecular flexibility index (Phi) is 9.60. The number of amides is 1. The van der Waals surface area contributed by atoms with Crippen molar-refractivity contribution in [3.05, 3.63) is 0 Å². The highest BCUT2D eigenvalue weighted by atomic mass is 79.9. The smallest absolute Gasteiger partial charge is 0.223 e. The van der Waals surface area contributed by atoms with Gasteiger partial charge in [0.2, 0.25) is 5.91 Å². The molecule has 0 spiro atoms. The summed E-state index contributed by atoms with van der Waals surface area (Å²) in [5.74, 6) is 1.27. The van der Waals surface area contributed by atoms with E-state index < -0.39 is 0 Å². The lowest BCUT2D eigenvalue weighted by Crippen LogP contribution is -2.51. The van der Waals surface area contributed by atoms with Crippen LogP contribution in [0.25, 0.3) is 0 Å². The van der Waals surface area contributed by atoms with E-state index in [-0.39, 0.29) is 24.2 Å². The van der Waals surface area contributed by atoms with E-state index in [1.165, 1.54) is 12.8 Å². The number of methoxy groups -OCH3 is 1. The highest BCUT2D eigenvalue weighted by molar-refractivity contribution is 9.09. The molecule has 3 heterocycles. The molecule has 0 bridgehead atoms. The van der Waals surface area contributed by atoms with E-state index in [9.17, 15) is 4.79 Å². The van der Waals surface area contributed by atoms with Crippen LogP contribution < -0.4 is 37.4 Å². The van der Waals surface area contributed by atoms with E-state index >= 15 is 0 Å². The van der Waals surface area contributed by atoms with Crippen LogP contribution in [0.4, 0.5) is 0 Å². The summed E-state index contributed by atoms with van der Waals surface area (Å²) in [6.07, 6.45) is 8.17. The van der Waals surface area contributed by atoms with Crippen molar-refractivity contribution in [1.29, 1.82) is 0 Å². The number of hydrazine groups is 1. The van der Waals surface area contributed by atoms with E-state index in [1.54, 1.807) is 7.11 Å². The maximum atomic E-state index is 12.9. The number of alkyl halides is 1. The average molecular weight is 517 g/mol. The van der Waals surface area contributed by atoms with Crippen molar-refractivity contribution in [2.24, 2.45) is 17.8 Å². The van der Waals surface area contributed by atoms with Gasteiger partial charge in [0.1, 0.15) is 6.23 Å². The van der Waals surface area contributed by atoms with Crippen LogP contribution in [0, 0.1) is 17.8 Å². The van der Waals surface area contributed by atoms with Gasteiger partial charge in [0.15, 0.2) is 0 Å². The molecule has 7 N–H and O–H groups in total. The van der Waals surface area contributed by atoms with Crippen LogP contribution in [-0.4, -0.2) is 75.2 Å². The van der Waals surface area contributed by atoms with Gasteiger partial charge in [0.05, 0.1) is 12.3 Å². The Hall–Kier alpha value is -0.330. The van der Waals surface area contributed by atoms with Crippen LogP contribution in [0.1, 0.15) is 44.9 Å². The number of ether oxygens (including phenoxy) is 1. The lowest BCUT2D eigenvalue weighted by atomic mass is 9.85. The van der Waals surface area contributed by atoms with Gasteiger partial charge in [-0.3, -0.25) is 15.4 Å². The van der Waals surface area contributed by atoms with E-state index in [0.717, 1.165) is 58.3 Å². The molecule has 1 amide bonds. The Labute approximate surface area is 200 Å². The van der Waals surface area contributed by atoms with E-state index in [4.69, 9.17) is 4.74 Å². The number of halogens is 1. The number of nitrogens with one attached hydrogen (secondary N) is 7. The topological polar surface area (TPSA) is 111 Å². The zero-order valence-corrected chi connectivity index (χ0v) is 20.9. The lowest BCUT2D eigenvalue weighted by molar-refractivity contribution is -0.126. The predicted octanol–water partition coefficient (Wildman–Crippen LogP) is -0.0543. The Morgan fingerprint density at radius 1 is 1.09 bits per heavy atom. The second kappa shape index (κ2) is 12.4. The largest absolute Gasteiger partial charge is 0.366 e. The summed E-state index contributed by atoms with van der Waals surface area (Å²) < 4.78 is 5.56. The lowest BCUT2D eigenvalue weighted by Gasteiger charge is -2.35. The third-order valence-corrected chi connectivity index (χ3v) is 8.32. The SMILES string of the molecule is COC1NCC(Br)CC1CNC(=O)C1CCCC(NCC2NNC(C3CCNCC3)N2)C1. The summed E-state index contributed by atoms with van der Waals surface area (Å²) in [6, 6.07) is 0.399. The third kappa shape index (κ3) is 6.85. The van der Waals surface area contributed by atoms with Gasteiger partial charge < -0.3 is 20.7 Å². The molecule has 7 unspecified atom stereocenters. The van der Waals surface area contributed by atoms with Gasteiger partial charge in [-0.15, -0.1) is 0 Å². The molecule has 184 valence electrons. The van der Waals surface area contributed by atoms with Crippen molar-refractivity contribution < 1.29 is 9.53 Å². The molecule has 0 radical (unpaired) electrons. The molecule has 0 aromatic carbocycles. The van der Waals surface area contributed by atoms with Crippen LogP contribution in [0.15, 0.2) is 0 Å². The van der Waals surface area contributed by atoms with Gasteiger partial charge in [0, 0.05) is 49.4 Å². The van der Waals surface area contributed by atoms with Crippen molar-refractivity contribution in [1.82, 2.24) is 37.4 Å². The number of carbonyl (C=O) groups excluding carboxylic acids is 1. The molecular formula is C22H42BrN7O2. The highest BCUT2D eigenvalue weighted by Gasteiger charge is 2.33. The quantitative estimate of drug-likeness (QED) is 0.225. The minimum atomic E-state index is 0.0126. The van der Waals surface area contributed by atoms with E-state index in [2.05, 4.69) is 53.4 Å². The fraction of sp³-hybridized carbons (Fsp3) is 0.955. The van der Waals surface area contributed by atoms with Crippen LogP contribution in [0.5, 0.6) is 0 Å². The van der Waals surface area contributed by atoms with Crippen LogP contribution >= 0.6 is 15.9 Å². The van der Waals surface area contributed by atoms with Gasteiger partial charge in [-0.25, -0.2) is 10.9 Å². The third-order valence-electron chi connectivity index (χ3n) is 7.62. The normalized spacial score (nSPS) is 39.1. The Morgan fingerprint density at radius 3 is 2.75 bits per heavy atom. The first-order valence-corrected chi connectivity index (χ1v) is 13.4. The van der Waals surface area contributed by atoms with Crippen LogP contribution in [-0.2, 0) is 9.53 Å². The second-order valence-electron chi connectivity index (χ2n) is 9.94. The van der Waals surface area contributed by atoms with Crippen molar-refractivity contribution >= 4 is 21.8 Å². The molecule has 1 aliphatic carbocycles. The zero-order chi connectivity index (χ0) is 22.3. The summed E-state index contributed by atoms with van der Waals surface area (Å²) in [7, 11) is 1.73. The minimum Gasteiger partial charge on any atom is -0.366 e. The van der Waals surface area contributed by atoms with Crippen LogP contribution in [0.2, 0.25) is 0 Å². The summed E-state index contributed by atoms with van der Waals surface area (Å²) >= 11 is 3.69. The minimum absolute atomic E-state index is 0.0126. The second-order valence-corrected chi connectivity index (χ2v) is 11.2. The maximum Gasteiger partial charge on any atom is 0.223 e. The molecular weight excluding hydrogens is 474 g/mol. The molecule has 9 nitrogen and oxygen atoms in total. The first-order valence-electron chi connectivity index (χ1n) is 12.5. The van der Waals surface area contributed by atoms with Gasteiger partial charge in [-0.1, -0.05) is 22.4 Å². The summed E-state index contributed by atoms with van der Waals surface area (Å²) in [5.41, 5.74) is 6.84. The van der Waals surface area contributed by atoms with Crippen molar-refractivity contribution in [2.45, 2.75) is 74.4 Å². The standard InChI is InChI=1S/C22H42BrN7O2/c1-32-22-16(9-17(23)12-27-22)11-26-21(31)15-3-2-4-18(10-15)25-13-19-28-20(30-29-19)14-5-7-24-8-6-14/h14-20,22,24-25,27-30H,2-13H2,1H3,(H,26,31). The fourth-order valence-electron chi connectivity index (χ4n) is 5.72. The molecule has 3 aliphatic heterocycles. The summed E-state index contributed by atoms with van der Waals surface area (Å²) in [6.45, 7) is 4.65. The van der Waals surface area contributed by atoms with Gasteiger partial charge in [0.25, 0.3) is 0 Å². The van der Waals surface area contributed by atoms with Gasteiger partial charge >= 0.3 is 0 Å². The molecule has 32 heavy (non-hydrogen) atoms. The highest BCUT2D eigenvalue weighted by Crippen LogP contribution is 2.26. The monoisotopic (exact) mass is 515 g/mol. The molecule has 0 aromatic rings. The molecule has 10 heteroatoms. The van der Waals surface area contributed by atoms with Crippen LogP contribution in [0.3, 0.4) is 0 Å². The van der Waals surface area contributed by atoms with Gasteiger partial charge in [-0.05, 0) is 57.5 Å².